The van der Waals surface area contributed by atoms with E-state index in [9.17, 15) is 0 Å². The molecule has 1 aromatic carbocycles. The van der Waals surface area contributed by atoms with Crippen LogP contribution in [0.1, 0.15) is 56.9 Å². The van der Waals surface area contributed by atoms with E-state index in [4.69, 9.17) is 4.99 Å². The number of aliphatic imine (C=N–C) groups is 1. The van der Waals surface area contributed by atoms with Gasteiger partial charge >= 0.3 is 0 Å². The molecule has 1 aliphatic heterocycles. The number of nitrogens with zero attached hydrogens (tertiary/aromatic N) is 1. The molecule has 104 valence electrons. The van der Waals surface area contributed by atoms with Gasteiger partial charge in [-0.05, 0) is 62.3 Å². The lowest BCUT2D eigenvalue weighted by atomic mass is 9.81. The Balaban J connectivity index is 1.59. The Labute approximate surface area is 121 Å². The van der Waals surface area contributed by atoms with Crippen molar-refractivity contribution >= 4 is 5.71 Å². The van der Waals surface area contributed by atoms with Crippen molar-refractivity contribution in [3.8, 4) is 0 Å². The minimum atomic E-state index is 0.274. The molecule has 3 aliphatic rings. The average molecular weight is 265 g/mol. The molecule has 1 heterocycles. The first-order chi connectivity index (χ1) is 9.69. The third-order valence-electron chi connectivity index (χ3n) is 5.76. The molecule has 2 spiro atoms. The fraction of sp³-hybridized carbons (Fsp3) is 0.526. The standard InChI is InChI=1S/C19H23N/c1-15-7-9-18(13-15)11-12-19(14-18)10-8-17(20-19)16-5-3-2-4-6-16/h2-6H,1,7-14H2. The molecule has 1 aromatic rings. The summed E-state index contributed by atoms with van der Waals surface area (Å²) in [6, 6.07) is 10.8. The van der Waals surface area contributed by atoms with E-state index >= 15 is 0 Å². The van der Waals surface area contributed by atoms with Crippen LogP contribution in [0.3, 0.4) is 0 Å². The molecule has 0 aromatic heterocycles. The summed E-state index contributed by atoms with van der Waals surface area (Å²) in [5, 5.41) is 0. The Morgan fingerprint density at radius 3 is 2.55 bits per heavy atom. The smallest absolute Gasteiger partial charge is 0.0621 e. The molecule has 0 saturated heterocycles. The summed E-state index contributed by atoms with van der Waals surface area (Å²) in [5.74, 6) is 0. The van der Waals surface area contributed by atoms with E-state index in [1.54, 1.807) is 0 Å². The van der Waals surface area contributed by atoms with Gasteiger partial charge in [0.2, 0.25) is 0 Å². The molecule has 4 rings (SSSR count). The Morgan fingerprint density at radius 1 is 0.950 bits per heavy atom. The first kappa shape index (κ1) is 12.4. The highest BCUT2D eigenvalue weighted by molar-refractivity contribution is 6.02. The molecule has 0 bridgehead atoms. The van der Waals surface area contributed by atoms with Crippen LogP contribution in [0.25, 0.3) is 0 Å². The molecule has 2 atom stereocenters. The van der Waals surface area contributed by atoms with Crippen LogP contribution in [-0.4, -0.2) is 11.3 Å². The van der Waals surface area contributed by atoms with Crippen molar-refractivity contribution in [3.63, 3.8) is 0 Å². The van der Waals surface area contributed by atoms with Crippen LogP contribution in [0, 0.1) is 5.41 Å². The molecule has 20 heavy (non-hydrogen) atoms. The number of allylic oxidation sites excluding steroid dienone is 1. The zero-order chi connectivity index (χ0) is 13.6. The van der Waals surface area contributed by atoms with Gasteiger partial charge in [0, 0.05) is 5.71 Å². The Bertz CT molecular complexity index is 571. The maximum Gasteiger partial charge on any atom is 0.0621 e. The molecule has 1 heteroatoms. The van der Waals surface area contributed by atoms with Gasteiger partial charge in [0.05, 0.1) is 5.54 Å². The first-order valence-corrected chi connectivity index (χ1v) is 8.00. The summed E-state index contributed by atoms with van der Waals surface area (Å²) in [7, 11) is 0. The summed E-state index contributed by atoms with van der Waals surface area (Å²) in [5.41, 5.74) is 5.00. The third-order valence-corrected chi connectivity index (χ3v) is 5.76. The largest absolute Gasteiger partial charge is 0.282 e. The van der Waals surface area contributed by atoms with Crippen LogP contribution in [0.4, 0.5) is 0 Å². The minimum absolute atomic E-state index is 0.274. The van der Waals surface area contributed by atoms with E-state index in [2.05, 4.69) is 36.9 Å². The van der Waals surface area contributed by atoms with Crippen molar-refractivity contribution in [2.75, 3.05) is 0 Å². The minimum Gasteiger partial charge on any atom is -0.282 e. The fourth-order valence-corrected chi connectivity index (χ4v) is 4.78. The lowest BCUT2D eigenvalue weighted by Gasteiger charge is -2.26. The number of benzene rings is 1. The van der Waals surface area contributed by atoms with Gasteiger partial charge in [0.1, 0.15) is 0 Å². The summed E-state index contributed by atoms with van der Waals surface area (Å²) < 4.78 is 0. The van der Waals surface area contributed by atoms with Crippen molar-refractivity contribution in [2.45, 2.75) is 56.9 Å². The quantitative estimate of drug-likeness (QED) is 0.639. The van der Waals surface area contributed by atoms with Crippen LogP contribution in [0.2, 0.25) is 0 Å². The van der Waals surface area contributed by atoms with E-state index < -0.39 is 0 Å². The van der Waals surface area contributed by atoms with Gasteiger partial charge in [-0.3, -0.25) is 4.99 Å². The Kier molecular flexibility index (Phi) is 2.67. The second-order valence-corrected chi connectivity index (χ2v) is 7.25. The molecule has 0 N–H and O–H groups in total. The van der Waals surface area contributed by atoms with E-state index in [1.165, 1.54) is 68.2 Å². The van der Waals surface area contributed by atoms with Crippen molar-refractivity contribution in [1.82, 2.24) is 0 Å². The van der Waals surface area contributed by atoms with Gasteiger partial charge in [-0.2, -0.15) is 0 Å². The first-order valence-electron chi connectivity index (χ1n) is 8.00. The van der Waals surface area contributed by atoms with E-state index in [0.717, 1.165) is 0 Å². The fourth-order valence-electron chi connectivity index (χ4n) is 4.78. The molecule has 0 amide bonds. The predicted octanol–water partition coefficient (Wildman–Crippen LogP) is 4.92. The highest BCUT2D eigenvalue weighted by Gasteiger charge is 2.51. The molecule has 0 radical (unpaired) electrons. The van der Waals surface area contributed by atoms with Crippen molar-refractivity contribution < 1.29 is 0 Å². The van der Waals surface area contributed by atoms with Crippen LogP contribution in [0.15, 0.2) is 47.5 Å². The second-order valence-electron chi connectivity index (χ2n) is 7.25. The lowest BCUT2D eigenvalue weighted by molar-refractivity contribution is 0.286. The highest BCUT2D eigenvalue weighted by Crippen LogP contribution is 2.58. The average Bonchev–Trinajstić information content (AvgIpc) is 3.14. The van der Waals surface area contributed by atoms with Crippen LogP contribution in [0.5, 0.6) is 0 Å². The van der Waals surface area contributed by atoms with Crippen LogP contribution >= 0.6 is 0 Å². The van der Waals surface area contributed by atoms with Gasteiger partial charge < -0.3 is 0 Å². The maximum atomic E-state index is 5.22. The SMILES string of the molecule is C=C1CCC2(CCC3(CCC(c4ccccc4)=N3)C2)C1. The molecular weight excluding hydrogens is 242 g/mol. The Hall–Kier alpha value is -1.37. The summed E-state index contributed by atoms with van der Waals surface area (Å²) in [6.07, 6.45) is 10.3. The zero-order valence-corrected chi connectivity index (χ0v) is 12.2. The van der Waals surface area contributed by atoms with Crippen molar-refractivity contribution in [1.29, 1.82) is 0 Å². The lowest BCUT2D eigenvalue weighted by Crippen LogP contribution is -2.22. The van der Waals surface area contributed by atoms with Crippen molar-refractivity contribution in [2.24, 2.45) is 10.4 Å². The molecule has 1 nitrogen and oxygen atoms in total. The van der Waals surface area contributed by atoms with E-state index in [1.807, 2.05) is 0 Å². The van der Waals surface area contributed by atoms with Crippen molar-refractivity contribution in [3.05, 3.63) is 48.0 Å². The normalized spacial score (nSPS) is 36.2. The molecular formula is C19H23N. The second kappa shape index (κ2) is 4.31. The summed E-state index contributed by atoms with van der Waals surface area (Å²) >= 11 is 0. The number of hydrogen-bond acceptors (Lipinski definition) is 1. The van der Waals surface area contributed by atoms with Gasteiger partial charge in [-0.1, -0.05) is 42.5 Å². The third kappa shape index (κ3) is 1.95. The molecule has 2 aliphatic carbocycles. The van der Waals surface area contributed by atoms with E-state index in [-0.39, 0.29) is 5.54 Å². The highest BCUT2D eigenvalue weighted by atomic mass is 14.9. The monoisotopic (exact) mass is 265 g/mol. The maximum absolute atomic E-state index is 5.22. The topological polar surface area (TPSA) is 12.4 Å². The van der Waals surface area contributed by atoms with E-state index in [0.29, 0.717) is 5.41 Å². The zero-order valence-electron chi connectivity index (χ0n) is 12.2. The number of hydrogen-bond donors (Lipinski definition) is 0. The predicted molar refractivity (Wildman–Crippen MR) is 84.2 cm³/mol. The van der Waals surface area contributed by atoms with Crippen LogP contribution < -0.4 is 0 Å². The summed E-state index contributed by atoms with van der Waals surface area (Å²) in [4.78, 5) is 5.22. The van der Waals surface area contributed by atoms with Gasteiger partial charge in [0.15, 0.2) is 0 Å². The summed E-state index contributed by atoms with van der Waals surface area (Å²) in [6.45, 7) is 4.21. The molecule has 2 saturated carbocycles. The van der Waals surface area contributed by atoms with Gasteiger partial charge in [-0.25, -0.2) is 0 Å². The van der Waals surface area contributed by atoms with Gasteiger partial charge in [0.25, 0.3) is 0 Å². The number of rotatable bonds is 1. The molecule has 2 unspecified atom stereocenters. The Morgan fingerprint density at radius 2 is 1.80 bits per heavy atom. The molecule has 2 fully saturated rings. The van der Waals surface area contributed by atoms with Crippen LogP contribution in [-0.2, 0) is 0 Å². The van der Waals surface area contributed by atoms with Gasteiger partial charge in [-0.15, -0.1) is 0 Å².